The van der Waals surface area contributed by atoms with Crippen LogP contribution in [0.4, 0.5) is 26.3 Å². The molecule has 134 valence electrons. The molecule has 1 N–H and O–H groups in total. The normalized spacial score (nSPS) is 13.0. The van der Waals surface area contributed by atoms with Crippen molar-refractivity contribution in [3.8, 4) is 11.1 Å². The molecule has 0 radical (unpaired) electrons. The maximum Gasteiger partial charge on any atom is 0.430 e. The Morgan fingerprint density at radius 3 is 1.72 bits per heavy atom. The molecular weight excluding hydrogens is 350 g/mol. The van der Waals surface area contributed by atoms with Gasteiger partial charge < -0.3 is 5.11 Å². The number of hydrogen-bond acceptors (Lipinski definition) is 2. The van der Waals surface area contributed by atoms with E-state index < -0.39 is 23.5 Å². The van der Waals surface area contributed by atoms with Gasteiger partial charge in [-0.2, -0.15) is 26.3 Å². The number of benzene rings is 2. The van der Waals surface area contributed by atoms with E-state index in [1.807, 2.05) is 0 Å². The van der Waals surface area contributed by atoms with Crippen molar-refractivity contribution in [1.82, 2.24) is 0 Å². The van der Waals surface area contributed by atoms with Crippen LogP contribution in [0.2, 0.25) is 0 Å². The van der Waals surface area contributed by atoms with Gasteiger partial charge in [0.2, 0.25) is 0 Å². The van der Waals surface area contributed by atoms with E-state index in [-0.39, 0.29) is 5.56 Å². The zero-order chi connectivity index (χ0) is 19.0. The molecule has 2 nitrogen and oxygen atoms in total. The number of alkyl halides is 6. The average molecular weight is 362 g/mol. The van der Waals surface area contributed by atoms with Crippen molar-refractivity contribution in [1.29, 1.82) is 0 Å². The van der Waals surface area contributed by atoms with E-state index in [1.165, 1.54) is 24.3 Å². The summed E-state index contributed by atoms with van der Waals surface area (Å²) >= 11 is 0. The highest BCUT2D eigenvalue weighted by molar-refractivity contribution is 5.77. The molecule has 0 unspecified atom stereocenters. The molecule has 0 amide bonds. The second-order valence-electron chi connectivity index (χ2n) is 5.48. The van der Waals surface area contributed by atoms with E-state index in [2.05, 4.69) is 0 Å². The lowest BCUT2D eigenvalue weighted by Crippen LogP contribution is -2.54. The first-order valence-electron chi connectivity index (χ1n) is 6.94. The fourth-order valence-corrected chi connectivity index (χ4v) is 2.47. The first kappa shape index (κ1) is 19.0. The highest BCUT2D eigenvalue weighted by atomic mass is 19.4. The summed E-state index contributed by atoms with van der Waals surface area (Å²) in [6.45, 7) is 1.06. The number of halogens is 6. The molecule has 0 bridgehead atoms. The Morgan fingerprint density at radius 1 is 0.840 bits per heavy atom. The molecule has 0 aromatic heterocycles. The lowest BCUT2D eigenvalue weighted by molar-refractivity contribution is -0.376. The molecule has 0 spiro atoms. The van der Waals surface area contributed by atoms with Crippen molar-refractivity contribution in [2.45, 2.75) is 24.9 Å². The van der Waals surface area contributed by atoms with Crippen LogP contribution in [0.15, 0.2) is 42.5 Å². The van der Waals surface area contributed by atoms with E-state index in [9.17, 15) is 36.2 Å². The molecule has 25 heavy (non-hydrogen) atoms. The summed E-state index contributed by atoms with van der Waals surface area (Å²) < 4.78 is 77.8. The van der Waals surface area contributed by atoms with Crippen LogP contribution in [0.1, 0.15) is 21.5 Å². The SMILES string of the molecule is Cc1cc(-c2ccc(C=O)cc2)ccc1C(O)(C(F)(F)F)C(F)(F)F. The Hall–Kier alpha value is -2.35. The Labute approximate surface area is 138 Å². The van der Waals surface area contributed by atoms with E-state index >= 15 is 0 Å². The second-order valence-corrected chi connectivity index (χ2v) is 5.48. The number of hydrogen-bond donors (Lipinski definition) is 1. The van der Waals surface area contributed by atoms with Crippen LogP contribution in [-0.4, -0.2) is 23.7 Å². The molecule has 2 rings (SSSR count). The summed E-state index contributed by atoms with van der Waals surface area (Å²) in [5, 5.41) is 9.48. The zero-order valence-electron chi connectivity index (χ0n) is 12.7. The number of carbonyl (C=O) groups excluding carboxylic acids is 1. The van der Waals surface area contributed by atoms with Gasteiger partial charge >= 0.3 is 12.4 Å². The molecule has 0 saturated carbocycles. The molecule has 0 fully saturated rings. The highest BCUT2D eigenvalue weighted by Crippen LogP contribution is 2.51. The van der Waals surface area contributed by atoms with Crippen LogP contribution in [0.5, 0.6) is 0 Å². The lowest BCUT2D eigenvalue weighted by Gasteiger charge is -2.33. The van der Waals surface area contributed by atoms with Gasteiger partial charge in [0.15, 0.2) is 0 Å². The minimum absolute atomic E-state index is 0.352. The third kappa shape index (κ3) is 3.26. The van der Waals surface area contributed by atoms with Gasteiger partial charge in [-0.1, -0.05) is 42.5 Å². The largest absolute Gasteiger partial charge is 0.430 e. The van der Waals surface area contributed by atoms with Crippen LogP contribution in [-0.2, 0) is 5.60 Å². The van der Waals surface area contributed by atoms with Gasteiger partial charge in [0.25, 0.3) is 5.60 Å². The van der Waals surface area contributed by atoms with Crippen molar-refractivity contribution < 1.29 is 36.2 Å². The molecular formula is C17H12F6O2. The minimum atomic E-state index is -5.93. The summed E-state index contributed by atoms with van der Waals surface area (Å²) in [4.78, 5) is 10.6. The Morgan fingerprint density at radius 2 is 1.32 bits per heavy atom. The smallest absolute Gasteiger partial charge is 0.369 e. The van der Waals surface area contributed by atoms with Crippen molar-refractivity contribution in [2.24, 2.45) is 0 Å². The maximum atomic E-state index is 13.0. The van der Waals surface area contributed by atoms with Crippen LogP contribution in [0.3, 0.4) is 0 Å². The van der Waals surface area contributed by atoms with Crippen molar-refractivity contribution >= 4 is 6.29 Å². The first-order valence-corrected chi connectivity index (χ1v) is 6.94. The van der Waals surface area contributed by atoms with Crippen molar-refractivity contribution in [3.63, 3.8) is 0 Å². The zero-order valence-corrected chi connectivity index (χ0v) is 12.7. The van der Waals surface area contributed by atoms with E-state index in [4.69, 9.17) is 0 Å². The lowest BCUT2D eigenvalue weighted by atomic mass is 9.87. The van der Waals surface area contributed by atoms with Crippen molar-refractivity contribution in [2.75, 3.05) is 0 Å². The number of carbonyl (C=O) groups is 1. The number of aldehydes is 1. The van der Waals surface area contributed by atoms with E-state index in [0.717, 1.165) is 19.1 Å². The van der Waals surface area contributed by atoms with Gasteiger partial charge in [-0.3, -0.25) is 4.79 Å². The molecule has 8 heteroatoms. The van der Waals surface area contributed by atoms with Gasteiger partial charge in [-0.05, 0) is 23.6 Å². The molecule has 0 saturated heterocycles. The number of rotatable bonds is 3. The maximum absolute atomic E-state index is 13.0. The molecule has 0 aliphatic heterocycles. The fraction of sp³-hybridized carbons (Fsp3) is 0.235. The standard InChI is InChI=1S/C17H12F6O2/c1-10-8-13(12-4-2-11(9-24)3-5-12)6-7-14(10)15(25,16(18,19)20)17(21,22)23/h2-9,25H,1H3. The monoisotopic (exact) mass is 362 g/mol. The summed E-state index contributed by atoms with van der Waals surface area (Å²) in [7, 11) is 0. The third-order valence-corrected chi connectivity index (χ3v) is 3.82. The number of aliphatic hydroxyl groups is 1. The predicted molar refractivity (Wildman–Crippen MR) is 78.0 cm³/mol. The molecule has 0 heterocycles. The predicted octanol–water partition coefficient (Wildman–Crippen LogP) is 4.79. The topological polar surface area (TPSA) is 37.3 Å². The van der Waals surface area contributed by atoms with Gasteiger partial charge in [0.05, 0.1) is 0 Å². The van der Waals surface area contributed by atoms with Crippen LogP contribution < -0.4 is 0 Å². The molecule has 2 aromatic carbocycles. The van der Waals surface area contributed by atoms with Gasteiger partial charge in [-0.15, -0.1) is 0 Å². The summed E-state index contributed by atoms with van der Waals surface area (Å²) in [6, 6.07) is 8.74. The third-order valence-electron chi connectivity index (χ3n) is 3.82. The summed E-state index contributed by atoms with van der Waals surface area (Å²) in [6.07, 6.45) is -11.3. The first-order chi connectivity index (χ1) is 11.4. The summed E-state index contributed by atoms with van der Waals surface area (Å²) in [5.74, 6) is 0. The molecule has 0 aliphatic rings. The number of aryl methyl sites for hydroxylation is 1. The minimum Gasteiger partial charge on any atom is -0.369 e. The second kappa shape index (κ2) is 6.18. The van der Waals surface area contributed by atoms with Crippen molar-refractivity contribution in [3.05, 3.63) is 59.2 Å². The molecule has 0 aliphatic carbocycles. The Kier molecular flexibility index (Phi) is 4.69. The molecule has 2 aromatic rings. The van der Waals surface area contributed by atoms with Gasteiger partial charge in [0, 0.05) is 11.1 Å². The fourth-order valence-electron chi connectivity index (χ4n) is 2.47. The molecule has 0 atom stereocenters. The highest BCUT2D eigenvalue weighted by Gasteiger charge is 2.71. The van der Waals surface area contributed by atoms with Gasteiger partial charge in [0.1, 0.15) is 6.29 Å². The van der Waals surface area contributed by atoms with Gasteiger partial charge in [-0.25, -0.2) is 0 Å². The Balaban J connectivity index is 2.56. The van der Waals surface area contributed by atoms with E-state index in [0.29, 0.717) is 29.0 Å². The average Bonchev–Trinajstić information content (AvgIpc) is 2.52. The van der Waals surface area contributed by atoms with Crippen LogP contribution in [0, 0.1) is 6.92 Å². The Bertz CT molecular complexity index is 761. The van der Waals surface area contributed by atoms with Crippen LogP contribution >= 0.6 is 0 Å². The van der Waals surface area contributed by atoms with Crippen LogP contribution in [0.25, 0.3) is 11.1 Å². The quantitative estimate of drug-likeness (QED) is 0.630. The summed E-state index contributed by atoms with van der Waals surface area (Å²) in [5.41, 5.74) is -5.37. The van der Waals surface area contributed by atoms with E-state index in [1.54, 1.807) is 0 Å².